The first-order valence-corrected chi connectivity index (χ1v) is 9.54. The molecule has 1 aromatic rings. The van der Waals surface area contributed by atoms with E-state index in [1.54, 1.807) is 0 Å². The monoisotopic (exact) mass is 348 g/mol. The van der Waals surface area contributed by atoms with Crippen LogP contribution in [0.2, 0.25) is 5.02 Å². The van der Waals surface area contributed by atoms with Crippen molar-refractivity contribution in [2.45, 2.75) is 44.7 Å². The smallest absolute Gasteiger partial charge is 0.191 e. The maximum absolute atomic E-state index is 5.95. The number of halogens is 1. The zero-order chi connectivity index (χ0) is 16.8. The molecule has 1 aromatic carbocycles. The van der Waals surface area contributed by atoms with Crippen LogP contribution < -0.4 is 10.6 Å². The van der Waals surface area contributed by atoms with Crippen LogP contribution in [0.15, 0.2) is 29.3 Å². The van der Waals surface area contributed by atoms with Gasteiger partial charge in [-0.3, -0.25) is 9.89 Å². The quantitative estimate of drug-likeness (QED) is 0.612. The summed E-state index contributed by atoms with van der Waals surface area (Å²) in [7, 11) is 1.86. The second-order valence-corrected chi connectivity index (χ2v) is 7.49. The van der Waals surface area contributed by atoms with Crippen molar-refractivity contribution in [3.05, 3.63) is 34.9 Å². The second-order valence-electron chi connectivity index (χ2n) is 7.05. The van der Waals surface area contributed by atoms with Crippen LogP contribution in [-0.4, -0.2) is 43.6 Å². The van der Waals surface area contributed by atoms with Crippen molar-refractivity contribution in [1.82, 2.24) is 15.5 Å². The molecule has 4 nitrogen and oxygen atoms in total. The third kappa shape index (κ3) is 5.67. The number of nitrogens with zero attached hydrogens (tertiary/aromatic N) is 2. The van der Waals surface area contributed by atoms with Crippen molar-refractivity contribution in [1.29, 1.82) is 0 Å². The molecule has 132 valence electrons. The number of guanidine groups is 1. The highest BCUT2D eigenvalue weighted by molar-refractivity contribution is 6.30. The Morgan fingerprint density at radius 1 is 1.17 bits per heavy atom. The van der Waals surface area contributed by atoms with Crippen LogP contribution in [0, 0.1) is 5.92 Å². The van der Waals surface area contributed by atoms with E-state index < -0.39 is 0 Å². The Balaban J connectivity index is 1.36. The van der Waals surface area contributed by atoms with Crippen molar-refractivity contribution in [3.63, 3.8) is 0 Å². The molecule has 2 N–H and O–H groups in total. The van der Waals surface area contributed by atoms with E-state index in [4.69, 9.17) is 11.6 Å². The van der Waals surface area contributed by atoms with E-state index in [1.165, 1.54) is 24.8 Å². The molecule has 0 radical (unpaired) electrons. The summed E-state index contributed by atoms with van der Waals surface area (Å²) in [5.74, 6) is 1.93. The number of hydrogen-bond donors (Lipinski definition) is 2. The molecule has 0 amide bonds. The van der Waals surface area contributed by atoms with Crippen molar-refractivity contribution < 1.29 is 0 Å². The first kappa shape index (κ1) is 17.6. The van der Waals surface area contributed by atoms with Gasteiger partial charge in [-0.2, -0.15) is 0 Å². The van der Waals surface area contributed by atoms with Gasteiger partial charge in [0.05, 0.1) is 0 Å². The molecule has 0 unspecified atom stereocenters. The molecule has 1 heterocycles. The van der Waals surface area contributed by atoms with E-state index in [-0.39, 0.29) is 0 Å². The normalized spacial score (nSPS) is 20.2. The summed E-state index contributed by atoms with van der Waals surface area (Å²) in [6.45, 7) is 4.30. The van der Waals surface area contributed by atoms with E-state index in [0.29, 0.717) is 6.04 Å². The summed E-state index contributed by atoms with van der Waals surface area (Å²) < 4.78 is 0. The van der Waals surface area contributed by atoms with Crippen LogP contribution in [0.4, 0.5) is 0 Å². The zero-order valence-electron chi connectivity index (χ0n) is 14.6. The van der Waals surface area contributed by atoms with E-state index in [9.17, 15) is 0 Å². The summed E-state index contributed by atoms with van der Waals surface area (Å²) in [5, 5.41) is 7.85. The first-order chi connectivity index (χ1) is 11.7. The lowest BCUT2D eigenvalue weighted by Gasteiger charge is -2.33. The average molecular weight is 349 g/mol. The number of nitrogens with one attached hydrogen (secondary N) is 2. The molecule has 1 aliphatic heterocycles. The Morgan fingerprint density at radius 3 is 2.50 bits per heavy atom. The molecular weight excluding hydrogens is 320 g/mol. The summed E-state index contributed by atoms with van der Waals surface area (Å²) in [6, 6.07) is 8.72. The SMILES string of the molecule is CN=C(NCCC1CC1)NC1CCN(Cc2ccc(Cl)cc2)CC1. The fourth-order valence-electron chi connectivity index (χ4n) is 3.27. The van der Waals surface area contributed by atoms with Crippen LogP contribution in [0.3, 0.4) is 0 Å². The minimum absolute atomic E-state index is 0.526. The van der Waals surface area contributed by atoms with Crippen LogP contribution in [0.1, 0.15) is 37.7 Å². The Kier molecular flexibility index (Phi) is 6.38. The minimum atomic E-state index is 0.526. The van der Waals surface area contributed by atoms with Gasteiger partial charge in [0.25, 0.3) is 0 Å². The third-order valence-corrected chi connectivity index (χ3v) is 5.27. The molecule has 0 aromatic heterocycles. The lowest BCUT2D eigenvalue weighted by atomic mass is 10.0. The predicted molar refractivity (Wildman–Crippen MR) is 102 cm³/mol. The van der Waals surface area contributed by atoms with Crippen molar-refractivity contribution in [2.75, 3.05) is 26.7 Å². The molecule has 3 rings (SSSR count). The molecule has 1 saturated carbocycles. The third-order valence-electron chi connectivity index (χ3n) is 5.01. The van der Waals surface area contributed by atoms with Gasteiger partial charge < -0.3 is 10.6 Å². The Morgan fingerprint density at radius 2 is 1.88 bits per heavy atom. The van der Waals surface area contributed by atoms with E-state index in [2.05, 4.69) is 32.7 Å². The Hall–Kier alpha value is -1.26. The number of piperidine rings is 1. The zero-order valence-corrected chi connectivity index (χ0v) is 15.4. The maximum atomic E-state index is 5.95. The molecule has 0 atom stereocenters. The van der Waals surface area contributed by atoms with Crippen LogP contribution in [-0.2, 0) is 6.54 Å². The van der Waals surface area contributed by atoms with Crippen molar-refractivity contribution in [2.24, 2.45) is 10.9 Å². The molecule has 0 spiro atoms. The van der Waals surface area contributed by atoms with E-state index in [1.807, 2.05) is 19.2 Å². The van der Waals surface area contributed by atoms with Crippen LogP contribution in [0.25, 0.3) is 0 Å². The van der Waals surface area contributed by atoms with Gasteiger partial charge in [-0.25, -0.2) is 0 Å². The fraction of sp³-hybridized carbons (Fsp3) is 0.632. The summed E-state index contributed by atoms with van der Waals surface area (Å²) >= 11 is 5.95. The molecular formula is C19H29ClN4. The van der Waals surface area contributed by atoms with Crippen LogP contribution >= 0.6 is 11.6 Å². The molecule has 1 aliphatic carbocycles. The summed E-state index contributed by atoms with van der Waals surface area (Å²) in [6.07, 6.45) is 6.44. The van der Waals surface area contributed by atoms with Gasteiger partial charge in [0.15, 0.2) is 5.96 Å². The predicted octanol–water partition coefficient (Wildman–Crippen LogP) is 3.27. The lowest BCUT2D eigenvalue weighted by molar-refractivity contribution is 0.198. The number of aliphatic imine (C=N–C) groups is 1. The number of benzene rings is 1. The van der Waals surface area contributed by atoms with Gasteiger partial charge in [0, 0.05) is 44.3 Å². The van der Waals surface area contributed by atoms with Gasteiger partial charge >= 0.3 is 0 Å². The van der Waals surface area contributed by atoms with Gasteiger partial charge in [0.2, 0.25) is 0 Å². The number of likely N-dealkylation sites (tertiary alicyclic amines) is 1. The topological polar surface area (TPSA) is 39.7 Å². The highest BCUT2D eigenvalue weighted by atomic mass is 35.5. The van der Waals surface area contributed by atoms with Gasteiger partial charge in [-0.15, -0.1) is 0 Å². The Labute approximate surface area is 150 Å². The first-order valence-electron chi connectivity index (χ1n) is 9.17. The standard InChI is InChI=1S/C19H29ClN4/c1-21-19(22-11-8-15-2-3-15)23-18-9-12-24(13-10-18)14-16-4-6-17(20)7-5-16/h4-7,15,18H,2-3,8-14H2,1H3,(H2,21,22,23). The molecule has 24 heavy (non-hydrogen) atoms. The summed E-state index contributed by atoms with van der Waals surface area (Å²) in [5.41, 5.74) is 1.34. The number of rotatable bonds is 6. The molecule has 2 fully saturated rings. The fourth-order valence-corrected chi connectivity index (χ4v) is 3.40. The van der Waals surface area contributed by atoms with Crippen molar-refractivity contribution >= 4 is 17.6 Å². The van der Waals surface area contributed by atoms with Crippen LogP contribution in [0.5, 0.6) is 0 Å². The van der Waals surface area contributed by atoms with Gasteiger partial charge in [0.1, 0.15) is 0 Å². The molecule has 0 bridgehead atoms. The second kappa shape index (κ2) is 8.72. The highest BCUT2D eigenvalue weighted by Crippen LogP contribution is 2.31. The molecule has 2 aliphatic rings. The van der Waals surface area contributed by atoms with E-state index >= 15 is 0 Å². The Bertz CT molecular complexity index is 531. The van der Waals surface area contributed by atoms with Gasteiger partial charge in [-0.1, -0.05) is 36.6 Å². The minimum Gasteiger partial charge on any atom is -0.356 e. The molecule has 1 saturated heterocycles. The summed E-state index contributed by atoms with van der Waals surface area (Å²) in [4.78, 5) is 6.88. The largest absolute Gasteiger partial charge is 0.356 e. The highest BCUT2D eigenvalue weighted by Gasteiger charge is 2.22. The maximum Gasteiger partial charge on any atom is 0.191 e. The average Bonchev–Trinajstić information content (AvgIpc) is 3.42. The van der Waals surface area contributed by atoms with Crippen molar-refractivity contribution in [3.8, 4) is 0 Å². The van der Waals surface area contributed by atoms with Gasteiger partial charge in [-0.05, 0) is 42.9 Å². The van der Waals surface area contributed by atoms with E-state index in [0.717, 1.165) is 55.9 Å². The number of hydrogen-bond acceptors (Lipinski definition) is 2. The molecule has 5 heteroatoms. The lowest BCUT2D eigenvalue weighted by Crippen LogP contribution is -2.48.